The molecule has 0 aromatic heterocycles. The molecule has 3 N–H and O–H groups in total. The number of hydrogen-bond acceptors (Lipinski definition) is 5. The minimum Gasteiger partial charge on any atom is -0.444 e. The average molecular weight is 451 g/mol. The Hall–Kier alpha value is -1.83. The third kappa shape index (κ3) is 5.56. The molecule has 0 spiro atoms. The lowest BCUT2D eigenvalue weighted by Crippen LogP contribution is -2.59. The highest BCUT2D eigenvalue weighted by Crippen LogP contribution is 2.38. The summed E-state index contributed by atoms with van der Waals surface area (Å²) in [6.45, 7) is 7.75. The van der Waals surface area contributed by atoms with Gasteiger partial charge in [-0.05, 0) is 71.6 Å². The molecule has 182 valence electrons. The van der Waals surface area contributed by atoms with Crippen LogP contribution >= 0.6 is 0 Å². The Morgan fingerprint density at radius 1 is 1.06 bits per heavy atom. The number of hydrogen-bond donors (Lipinski definition) is 2. The summed E-state index contributed by atoms with van der Waals surface area (Å²) in [5.74, 6) is 0.278. The zero-order valence-corrected chi connectivity index (χ0v) is 20.4. The summed E-state index contributed by atoms with van der Waals surface area (Å²) in [4.78, 5) is 42.6. The van der Waals surface area contributed by atoms with Gasteiger partial charge in [0.25, 0.3) is 0 Å². The molecular formula is C24H42N4O4. The minimum atomic E-state index is -0.746. The van der Waals surface area contributed by atoms with Crippen molar-refractivity contribution in [3.05, 3.63) is 0 Å². The van der Waals surface area contributed by atoms with E-state index in [1.807, 2.05) is 4.90 Å². The molecule has 2 aliphatic carbocycles. The van der Waals surface area contributed by atoms with Crippen molar-refractivity contribution in [1.82, 2.24) is 15.1 Å². The largest absolute Gasteiger partial charge is 0.444 e. The van der Waals surface area contributed by atoms with Gasteiger partial charge in [-0.15, -0.1) is 0 Å². The number of amides is 3. The molecule has 0 aromatic carbocycles. The van der Waals surface area contributed by atoms with Gasteiger partial charge in [0, 0.05) is 25.7 Å². The van der Waals surface area contributed by atoms with Gasteiger partial charge < -0.3 is 20.7 Å². The Balaban J connectivity index is 1.72. The van der Waals surface area contributed by atoms with Crippen LogP contribution < -0.4 is 11.1 Å². The second-order valence-electron chi connectivity index (χ2n) is 11.0. The van der Waals surface area contributed by atoms with Crippen LogP contribution in [0.5, 0.6) is 0 Å². The molecule has 3 aliphatic rings. The molecule has 32 heavy (non-hydrogen) atoms. The van der Waals surface area contributed by atoms with Crippen molar-refractivity contribution in [2.45, 2.75) is 109 Å². The smallest absolute Gasteiger partial charge is 0.410 e. The molecule has 8 heteroatoms. The number of likely N-dealkylation sites (N-methyl/N-ethyl adjacent to an activating group) is 1. The van der Waals surface area contributed by atoms with Gasteiger partial charge in [-0.25, -0.2) is 4.79 Å². The quantitative estimate of drug-likeness (QED) is 0.670. The summed E-state index contributed by atoms with van der Waals surface area (Å²) in [5, 5.41) is 3.04. The summed E-state index contributed by atoms with van der Waals surface area (Å²) >= 11 is 0. The summed E-state index contributed by atoms with van der Waals surface area (Å²) in [6, 6.07) is -1.20. The summed E-state index contributed by atoms with van der Waals surface area (Å²) in [5.41, 5.74) is 5.72. The van der Waals surface area contributed by atoms with Crippen molar-refractivity contribution < 1.29 is 19.1 Å². The van der Waals surface area contributed by atoms with Crippen LogP contribution in [0, 0.1) is 11.8 Å². The van der Waals surface area contributed by atoms with Crippen LogP contribution in [0.3, 0.4) is 0 Å². The van der Waals surface area contributed by atoms with Gasteiger partial charge in [0.2, 0.25) is 11.8 Å². The second-order valence-corrected chi connectivity index (χ2v) is 11.0. The molecule has 1 aliphatic heterocycles. The Bertz CT molecular complexity index is 701. The lowest BCUT2D eigenvalue weighted by Gasteiger charge is -2.37. The summed E-state index contributed by atoms with van der Waals surface area (Å²) in [7, 11) is 1.55. The predicted octanol–water partition coefficient (Wildman–Crippen LogP) is 2.65. The molecule has 3 amide bonds. The first-order valence-electron chi connectivity index (χ1n) is 12.3. The van der Waals surface area contributed by atoms with Gasteiger partial charge in [-0.3, -0.25) is 14.5 Å². The van der Waals surface area contributed by atoms with Gasteiger partial charge in [-0.2, -0.15) is 0 Å². The minimum absolute atomic E-state index is 0.00206. The number of nitrogens with two attached hydrogens (primary N) is 1. The first kappa shape index (κ1) is 24.8. The lowest BCUT2D eigenvalue weighted by atomic mass is 9.83. The molecule has 1 heterocycles. The molecule has 3 rings (SSSR count). The number of ether oxygens (including phenoxy) is 1. The van der Waals surface area contributed by atoms with Crippen LogP contribution in [0.25, 0.3) is 0 Å². The fourth-order valence-electron chi connectivity index (χ4n) is 5.58. The Kier molecular flexibility index (Phi) is 7.73. The van der Waals surface area contributed by atoms with E-state index in [0.29, 0.717) is 12.5 Å². The van der Waals surface area contributed by atoms with E-state index in [9.17, 15) is 14.4 Å². The zero-order chi connectivity index (χ0) is 23.6. The maximum atomic E-state index is 13.7. The van der Waals surface area contributed by atoms with Gasteiger partial charge in [-0.1, -0.05) is 19.3 Å². The van der Waals surface area contributed by atoms with Crippen molar-refractivity contribution in [2.75, 3.05) is 13.6 Å². The van der Waals surface area contributed by atoms with Gasteiger partial charge in [0.1, 0.15) is 17.7 Å². The van der Waals surface area contributed by atoms with Crippen LogP contribution in [-0.4, -0.2) is 71.1 Å². The van der Waals surface area contributed by atoms with Gasteiger partial charge in [0.15, 0.2) is 0 Å². The normalized spacial score (nSPS) is 28.1. The van der Waals surface area contributed by atoms with Crippen molar-refractivity contribution in [1.29, 1.82) is 0 Å². The Morgan fingerprint density at radius 2 is 1.72 bits per heavy atom. The SMILES string of the molecule is C[C@@H](C(=O)N[C@H](C(=O)N1CCC2CCC(N)C21)C1CCCCC1)N(C)C(=O)OC(C)(C)C. The van der Waals surface area contributed by atoms with Crippen LogP contribution in [0.4, 0.5) is 4.79 Å². The number of carbonyl (C=O) groups excluding carboxylic acids is 3. The van der Waals surface area contributed by atoms with Crippen LogP contribution in [0.15, 0.2) is 0 Å². The predicted molar refractivity (Wildman–Crippen MR) is 123 cm³/mol. The Labute approximate surface area is 192 Å². The summed E-state index contributed by atoms with van der Waals surface area (Å²) in [6.07, 6.45) is 7.65. The number of rotatable bonds is 5. The molecule has 5 atom stereocenters. The van der Waals surface area contributed by atoms with Crippen molar-refractivity contribution >= 4 is 17.9 Å². The highest BCUT2D eigenvalue weighted by Gasteiger charge is 2.47. The van der Waals surface area contributed by atoms with E-state index in [2.05, 4.69) is 5.32 Å². The summed E-state index contributed by atoms with van der Waals surface area (Å²) < 4.78 is 5.40. The van der Waals surface area contributed by atoms with Crippen molar-refractivity contribution in [2.24, 2.45) is 17.6 Å². The molecule has 0 bridgehead atoms. The molecule has 0 radical (unpaired) electrons. The molecule has 8 nitrogen and oxygen atoms in total. The van der Waals surface area contributed by atoms with Crippen molar-refractivity contribution in [3.8, 4) is 0 Å². The molecule has 3 unspecified atom stereocenters. The topological polar surface area (TPSA) is 105 Å². The zero-order valence-electron chi connectivity index (χ0n) is 20.4. The highest BCUT2D eigenvalue weighted by molar-refractivity contribution is 5.91. The third-order valence-electron chi connectivity index (χ3n) is 7.50. The monoisotopic (exact) mass is 450 g/mol. The third-order valence-corrected chi connectivity index (χ3v) is 7.50. The van der Waals surface area contributed by atoms with Crippen LogP contribution in [0.1, 0.15) is 79.1 Å². The number of likely N-dealkylation sites (tertiary alicyclic amines) is 1. The van der Waals surface area contributed by atoms with Crippen molar-refractivity contribution in [3.63, 3.8) is 0 Å². The molecule has 0 aromatic rings. The first-order chi connectivity index (χ1) is 15.0. The Morgan fingerprint density at radius 3 is 2.34 bits per heavy atom. The first-order valence-corrected chi connectivity index (χ1v) is 12.3. The van der Waals surface area contributed by atoms with E-state index in [0.717, 1.165) is 44.9 Å². The lowest BCUT2D eigenvalue weighted by molar-refractivity contribution is -0.140. The van der Waals surface area contributed by atoms with E-state index in [4.69, 9.17) is 10.5 Å². The molecule has 1 saturated heterocycles. The standard InChI is InChI=1S/C24H42N4O4/c1-15(27(5)23(31)32-24(2,3)4)21(29)26-19(16-9-7-6-8-10-16)22(30)28-14-13-17-11-12-18(25)20(17)28/h15-20H,6-14,25H2,1-5H3,(H,26,29)/t15-,17?,18?,19-,20?/m0/s1. The fourth-order valence-corrected chi connectivity index (χ4v) is 5.58. The van der Waals surface area contributed by atoms with Crippen LogP contribution in [-0.2, 0) is 14.3 Å². The maximum absolute atomic E-state index is 13.7. The number of nitrogens with one attached hydrogen (secondary N) is 1. The maximum Gasteiger partial charge on any atom is 0.410 e. The molecular weight excluding hydrogens is 408 g/mol. The highest BCUT2D eigenvalue weighted by atomic mass is 16.6. The molecule has 2 saturated carbocycles. The van der Waals surface area contributed by atoms with E-state index in [1.54, 1.807) is 34.7 Å². The average Bonchev–Trinajstić information content (AvgIpc) is 3.32. The van der Waals surface area contributed by atoms with E-state index < -0.39 is 23.8 Å². The fraction of sp³-hybridized carbons (Fsp3) is 0.875. The van der Waals surface area contributed by atoms with Gasteiger partial charge >= 0.3 is 6.09 Å². The number of carbonyl (C=O) groups is 3. The van der Waals surface area contributed by atoms with Gasteiger partial charge in [0.05, 0.1) is 0 Å². The van der Waals surface area contributed by atoms with E-state index in [-0.39, 0.29) is 29.8 Å². The van der Waals surface area contributed by atoms with Crippen LogP contribution in [0.2, 0.25) is 0 Å². The molecule has 3 fully saturated rings. The van der Waals surface area contributed by atoms with E-state index >= 15 is 0 Å². The number of fused-ring (bicyclic) bond motifs is 1. The van der Waals surface area contributed by atoms with E-state index in [1.165, 1.54) is 11.3 Å². The number of nitrogens with zero attached hydrogens (tertiary/aromatic N) is 2. The second kappa shape index (κ2) is 9.98.